The second-order valence-corrected chi connectivity index (χ2v) is 15.7. The third-order valence-corrected chi connectivity index (χ3v) is 12.6. The molecule has 1 aliphatic rings. The minimum Gasteiger partial charge on any atom is -0.316 e. The van der Waals surface area contributed by atoms with Crippen molar-refractivity contribution in [3.05, 3.63) is 253 Å². The summed E-state index contributed by atoms with van der Waals surface area (Å²) in [4.78, 5) is 0. The summed E-state index contributed by atoms with van der Waals surface area (Å²) in [7, 11) is 0. The molecule has 11 aromatic rings. The van der Waals surface area contributed by atoms with Gasteiger partial charge >= 0.3 is 0 Å². The quantitative estimate of drug-likeness (QED) is 0.160. The van der Waals surface area contributed by atoms with E-state index >= 15 is 0 Å². The maximum Gasteiger partial charge on any atom is 0.0713 e. The van der Waals surface area contributed by atoms with Crippen molar-refractivity contribution in [2.24, 2.45) is 0 Å². The van der Waals surface area contributed by atoms with E-state index in [1.807, 2.05) is 0 Å². The highest BCUT2D eigenvalue weighted by molar-refractivity contribution is 6.19. The van der Waals surface area contributed by atoms with Crippen LogP contribution in [0.15, 0.2) is 231 Å². The van der Waals surface area contributed by atoms with Crippen LogP contribution in [0.2, 0.25) is 0 Å². The number of hydrogen-bond donors (Lipinski definition) is 0. The molecule has 0 bridgehead atoms. The second-order valence-electron chi connectivity index (χ2n) is 15.7. The van der Waals surface area contributed by atoms with Crippen molar-refractivity contribution >= 4 is 32.7 Å². The highest BCUT2D eigenvalue weighted by Crippen LogP contribution is 2.56. The van der Waals surface area contributed by atoms with E-state index in [-0.39, 0.29) is 0 Å². The molecular weight excluding hydrogens is 713 g/mol. The van der Waals surface area contributed by atoms with Crippen LogP contribution in [0.4, 0.5) is 0 Å². The van der Waals surface area contributed by atoms with Crippen LogP contribution in [0.5, 0.6) is 0 Å². The Morgan fingerprint density at radius 2 is 0.881 bits per heavy atom. The number of fused-ring (bicyclic) bond motifs is 8. The number of rotatable bonds is 6. The largest absolute Gasteiger partial charge is 0.316 e. The van der Waals surface area contributed by atoms with Gasteiger partial charge in [-0.2, -0.15) is 0 Å². The summed E-state index contributed by atoms with van der Waals surface area (Å²) < 4.78 is 4.73. The van der Waals surface area contributed by atoms with Gasteiger partial charge in [-0.15, -0.1) is 0 Å². The smallest absolute Gasteiger partial charge is 0.0713 e. The molecule has 1 aliphatic carbocycles. The van der Waals surface area contributed by atoms with Gasteiger partial charge in [0.1, 0.15) is 0 Å². The Bertz CT molecular complexity index is 3320. The molecule has 2 heterocycles. The molecule has 0 unspecified atom stereocenters. The van der Waals surface area contributed by atoms with Crippen LogP contribution in [0.1, 0.15) is 22.3 Å². The monoisotopic (exact) mass is 750 g/mol. The Morgan fingerprint density at radius 1 is 0.322 bits per heavy atom. The van der Waals surface area contributed by atoms with E-state index < -0.39 is 5.41 Å². The lowest BCUT2D eigenvalue weighted by Crippen LogP contribution is -2.28. The van der Waals surface area contributed by atoms with Gasteiger partial charge in [0.05, 0.1) is 22.0 Å². The lowest BCUT2D eigenvalue weighted by atomic mass is 9.67. The van der Waals surface area contributed by atoms with E-state index in [0.717, 1.165) is 11.4 Å². The summed E-state index contributed by atoms with van der Waals surface area (Å²) >= 11 is 0. The topological polar surface area (TPSA) is 9.86 Å². The maximum absolute atomic E-state index is 2.46. The summed E-state index contributed by atoms with van der Waals surface area (Å²) in [6.45, 7) is 0. The minimum atomic E-state index is -0.437. The molecule has 276 valence electrons. The molecule has 9 aromatic carbocycles. The predicted octanol–water partition coefficient (Wildman–Crippen LogP) is 14.4. The first kappa shape index (κ1) is 33.5. The standard InChI is InChI=1S/C57H38N2/c1-5-18-43(19-6-1)57(44-20-7-2-8-21-44)52-27-14-13-26-47(52)48-30-28-42(38-53(48)57)40-17-15-16-39(36-40)41-29-32-55-51(37-41)49-31-33-54-50(34-35-58(54)45-22-9-3-10-23-45)56(49)59(55)46-24-11-4-12-25-46/h1-38H. The molecule has 12 rings (SSSR count). The number of nitrogens with zero attached hydrogens (tertiary/aromatic N) is 2. The van der Waals surface area contributed by atoms with Crippen LogP contribution in [-0.4, -0.2) is 9.13 Å². The van der Waals surface area contributed by atoms with Crippen LogP contribution in [0, 0.1) is 0 Å². The van der Waals surface area contributed by atoms with Gasteiger partial charge in [0.15, 0.2) is 0 Å². The van der Waals surface area contributed by atoms with Gasteiger partial charge in [0.2, 0.25) is 0 Å². The van der Waals surface area contributed by atoms with E-state index in [9.17, 15) is 0 Å². The number of aromatic nitrogens is 2. The summed E-state index contributed by atoms with van der Waals surface area (Å²) in [6.07, 6.45) is 2.20. The maximum atomic E-state index is 2.46. The summed E-state index contributed by atoms with van der Waals surface area (Å²) in [5, 5.41) is 3.72. The van der Waals surface area contributed by atoms with Gasteiger partial charge < -0.3 is 9.13 Å². The first-order valence-corrected chi connectivity index (χ1v) is 20.4. The average molecular weight is 751 g/mol. The first-order chi connectivity index (χ1) is 29.3. The molecule has 2 nitrogen and oxygen atoms in total. The number of hydrogen-bond acceptors (Lipinski definition) is 0. The Kier molecular flexibility index (Phi) is 7.48. The Labute approximate surface area is 343 Å². The highest BCUT2D eigenvalue weighted by atomic mass is 15.0. The van der Waals surface area contributed by atoms with E-state index in [0.29, 0.717) is 0 Å². The molecule has 0 saturated carbocycles. The molecule has 0 fully saturated rings. The summed E-state index contributed by atoms with van der Waals surface area (Å²) in [6, 6.07) is 82.5. The van der Waals surface area contributed by atoms with Crippen molar-refractivity contribution < 1.29 is 0 Å². The lowest BCUT2D eigenvalue weighted by molar-refractivity contribution is 0.769. The van der Waals surface area contributed by atoms with Gasteiger partial charge in [-0.25, -0.2) is 0 Å². The molecular formula is C57H38N2. The zero-order valence-electron chi connectivity index (χ0n) is 32.3. The number of para-hydroxylation sites is 2. The molecule has 2 heteroatoms. The Morgan fingerprint density at radius 3 is 1.59 bits per heavy atom. The molecule has 0 saturated heterocycles. The second kappa shape index (κ2) is 13.2. The Hall–Kier alpha value is -7.68. The third-order valence-electron chi connectivity index (χ3n) is 12.6. The molecule has 0 radical (unpaired) electrons. The lowest BCUT2D eigenvalue weighted by Gasteiger charge is -2.34. The summed E-state index contributed by atoms with van der Waals surface area (Å²) in [5.41, 5.74) is 18.1. The number of benzene rings is 9. The fourth-order valence-corrected chi connectivity index (χ4v) is 10.1. The van der Waals surface area contributed by atoms with Crippen molar-refractivity contribution in [2.45, 2.75) is 5.41 Å². The van der Waals surface area contributed by atoms with Crippen molar-refractivity contribution in [3.8, 4) is 44.8 Å². The van der Waals surface area contributed by atoms with Crippen molar-refractivity contribution in [3.63, 3.8) is 0 Å². The predicted molar refractivity (Wildman–Crippen MR) is 246 cm³/mol. The molecule has 59 heavy (non-hydrogen) atoms. The molecule has 0 spiro atoms. The van der Waals surface area contributed by atoms with E-state index in [2.05, 4.69) is 240 Å². The summed E-state index contributed by atoms with van der Waals surface area (Å²) in [5.74, 6) is 0. The van der Waals surface area contributed by atoms with E-state index in [4.69, 9.17) is 0 Å². The zero-order valence-corrected chi connectivity index (χ0v) is 32.3. The Balaban J connectivity index is 1.02. The van der Waals surface area contributed by atoms with Gasteiger partial charge in [0, 0.05) is 33.7 Å². The van der Waals surface area contributed by atoms with Gasteiger partial charge in [-0.05, 0) is 116 Å². The SMILES string of the molecule is c1ccc(-n2ccc3c2ccc2c4cc(-c5cccc(-c6ccc7c(c6)C(c6ccccc6)(c6ccccc6)c6ccccc6-7)c5)ccc4n(-c4ccccc4)c23)cc1. The molecule has 2 aromatic heterocycles. The van der Waals surface area contributed by atoms with Crippen molar-refractivity contribution in [2.75, 3.05) is 0 Å². The van der Waals surface area contributed by atoms with Gasteiger partial charge in [-0.3, -0.25) is 0 Å². The van der Waals surface area contributed by atoms with Crippen molar-refractivity contribution in [1.29, 1.82) is 0 Å². The minimum absolute atomic E-state index is 0.437. The average Bonchev–Trinajstić information content (AvgIpc) is 3.99. The zero-order chi connectivity index (χ0) is 38.9. The van der Waals surface area contributed by atoms with Crippen molar-refractivity contribution in [1.82, 2.24) is 9.13 Å². The van der Waals surface area contributed by atoms with Crippen LogP contribution in [0.3, 0.4) is 0 Å². The highest BCUT2D eigenvalue weighted by Gasteiger charge is 2.46. The van der Waals surface area contributed by atoms with E-state index in [1.54, 1.807) is 0 Å². The molecule has 0 amide bonds. The van der Waals surface area contributed by atoms with Crippen LogP contribution < -0.4 is 0 Å². The fraction of sp³-hybridized carbons (Fsp3) is 0.0175. The third kappa shape index (κ3) is 5.00. The molecule has 0 aliphatic heterocycles. The normalized spacial score (nSPS) is 12.9. The van der Waals surface area contributed by atoms with Crippen LogP contribution >= 0.6 is 0 Å². The first-order valence-electron chi connectivity index (χ1n) is 20.4. The van der Waals surface area contributed by atoms with Crippen LogP contribution in [-0.2, 0) is 5.41 Å². The molecule has 0 N–H and O–H groups in total. The van der Waals surface area contributed by atoms with Gasteiger partial charge in [0.25, 0.3) is 0 Å². The van der Waals surface area contributed by atoms with Gasteiger partial charge in [-0.1, -0.05) is 164 Å². The van der Waals surface area contributed by atoms with Crippen LogP contribution in [0.25, 0.3) is 77.5 Å². The van der Waals surface area contributed by atoms with E-state index in [1.165, 1.54) is 88.3 Å². The fourth-order valence-electron chi connectivity index (χ4n) is 10.1. The molecule has 0 atom stereocenters.